The first-order chi connectivity index (χ1) is 14.4. The van der Waals surface area contributed by atoms with Gasteiger partial charge in [-0.3, -0.25) is 4.79 Å². The number of carbonyl (C=O) groups excluding carboxylic acids is 2. The Bertz CT molecular complexity index is 721. The summed E-state index contributed by atoms with van der Waals surface area (Å²) in [5.74, 6) is 2.88. The van der Waals surface area contributed by atoms with Crippen LogP contribution in [0.1, 0.15) is 99.8 Å². The zero-order chi connectivity index (χ0) is 22.8. The first-order valence-corrected chi connectivity index (χ1v) is 12.8. The van der Waals surface area contributed by atoms with Crippen molar-refractivity contribution in [2.24, 2.45) is 46.3 Å². The van der Waals surface area contributed by atoms with Crippen LogP contribution < -0.4 is 0 Å². The van der Waals surface area contributed by atoms with Crippen LogP contribution >= 0.6 is 0 Å². The van der Waals surface area contributed by atoms with E-state index in [9.17, 15) is 9.59 Å². The van der Waals surface area contributed by atoms with Gasteiger partial charge in [0.05, 0.1) is 5.41 Å². The van der Waals surface area contributed by atoms with Gasteiger partial charge >= 0.3 is 11.9 Å². The summed E-state index contributed by atoms with van der Waals surface area (Å²) in [6.45, 7) is 14.6. The molecule has 4 fully saturated rings. The Labute approximate surface area is 189 Å². The maximum atomic E-state index is 13.2. The molecular formula is C27H44O4. The highest BCUT2D eigenvalue weighted by molar-refractivity contribution is 5.85. The lowest BCUT2D eigenvalue weighted by Gasteiger charge is -2.50. The van der Waals surface area contributed by atoms with Crippen LogP contribution in [0.4, 0.5) is 0 Å². The summed E-state index contributed by atoms with van der Waals surface area (Å²) in [5.41, 5.74) is -1.09. The van der Waals surface area contributed by atoms with Gasteiger partial charge in [0, 0.05) is 0 Å². The molecular weight excluding hydrogens is 388 g/mol. The van der Waals surface area contributed by atoms with E-state index in [4.69, 9.17) is 9.47 Å². The molecule has 0 aromatic heterocycles. The van der Waals surface area contributed by atoms with Gasteiger partial charge in [0.2, 0.25) is 0 Å². The second-order valence-electron chi connectivity index (χ2n) is 13.0. The van der Waals surface area contributed by atoms with E-state index in [1.54, 1.807) is 6.92 Å². The van der Waals surface area contributed by atoms with Gasteiger partial charge in [0.15, 0.2) is 6.10 Å². The summed E-state index contributed by atoms with van der Waals surface area (Å²) in [5, 5.41) is 0. The zero-order valence-corrected chi connectivity index (χ0v) is 20.8. The van der Waals surface area contributed by atoms with Gasteiger partial charge in [-0.2, -0.15) is 0 Å². The van der Waals surface area contributed by atoms with E-state index in [1.165, 1.54) is 32.1 Å². The van der Waals surface area contributed by atoms with E-state index in [0.29, 0.717) is 23.7 Å². The van der Waals surface area contributed by atoms with Crippen LogP contribution in [0.3, 0.4) is 0 Å². The van der Waals surface area contributed by atoms with Crippen LogP contribution in [0.15, 0.2) is 0 Å². The average molecular weight is 433 g/mol. The van der Waals surface area contributed by atoms with Crippen molar-refractivity contribution < 1.29 is 19.1 Å². The van der Waals surface area contributed by atoms with Crippen molar-refractivity contribution in [3.05, 3.63) is 0 Å². The van der Waals surface area contributed by atoms with Gasteiger partial charge in [-0.25, -0.2) is 4.79 Å². The molecule has 0 saturated heterocycles. The predicted octanol–water partition coefficient (Wildman–Crippen LogP) is 6.16. The highest BCUT2D eigenvalue weighted by atomic mass is 16.6. The van der Waals surface area contributed by atoms with Gasteiger partial charge in [-0.1, -0.05) is 41.0 Å². The van der Waals surface area contributed by atoms with E-state index in [2.05, 4.69) is 41.5 Å². The summed E-state index contributed by atoms with van der Waals surface area (Å²) in [6.07, 6.45) is 8.60. The van der Waals surface area contributed by atoms with Gasteiger partial charge < -0.3 is 9.47 Å². The third-order valence-corrected chi connectivity index (χ3v) is 9.82. The molecule has 0 aromatic carbocycles. The molecule has 4 rings (SSSR count). The first kappa shape index (κ1) is 23.1. The Morgan fingerprint density at radius 2 is 1.58 bits per heavy atom. The Kier molecular flexibility index (Phi) is 5.79. The minimum absolute atomic E-state index is 0.176. The monoisotopic (exact) mass is 432 g/mol. The van der Waals surface area contributed by atoms with Gasteiger partial charge in [0.25, 0.3) is 0 Å². The van der Waals surface area contributed by atoms with Gasteiger partial charge in [0.1, 0.15) is 5.60 Å². The van der Waals surface area contributed by atoms with Gasteiger partial charge in [-0.05, 0) is 99.7 Å². The summed E-state index contributed by atoms with van der Waals surface area (Å²) >= 11 is 0. The molecule has 0 N–H and O–H groups in total. The van der Waals surface area contributed by atoms with Crippen molar-refractivity contribution in [1.82, 2.24) is 0 Å². The number of hydrogen-bond acceptors (Lipinski definition) is 4. The van der Waals surface area contributed by atoms with E-state index in [0.717, 1.165) is 31.1 Å². The van der Waals surface area contributed by atoms with Crippen molar-refractivity contribution in [1.29, 1.82) is 0 Å². The quantitative estimate of drug-likeness (QED) is 0.499. The van der Waals surface area contributed by atoms with Crippen LogP contribution in [0.25, 0.3) is 0 Å². The molecule has 0 amide bonds. The SMILES string of the molecule is CC1CC2CCC3CC(C2)CC(C1)C3(C)OC(=O)C(C)OC(=O)C1(C(C)(C)C)CC1C. The second-order valence-corrected chi connectivity index (χ2v) is 13.0. The van der Waals surface area contributed by atoms with Crippen molar-refractivity contribution in [2.75, 3.05) is 0 Å². The molecule has 4 aliphatic carbocycles. The summed E-state index contributed by atoms with van der Waals surface area (Å²) < 4.78 is 12.1. The molecule has 0 aliphatic heterocycles. The molecule has 4 heteroatoms. The highest BCUT2D eigenvalue weighted by Gasteiger charge is 2.65. The molecule has 0 radical (unpaired) electrons. The molecule has 31 heavy (non-hydrogen) atoms. The molecule has 9 atom stereocenters. The smallest absolute Gasteiger partial charge is 0.347 e. The third kappa shape index (κ3) is 3.95. The number of carbonyl (C=O) groups is 2. The van der Waals surface area contributed by atoms with Crippen molar-refractivity contribution in [3.63, 3.8) is 0 Å². The van der Waals surface area contributed by atoms with E-state index >= 15 is 0 Å². The maximum absolute atomic E-state index is 13.2. The van der Waals surface area contributed by atoms with Crippen LogP contribution in [0.2, 0.25) is 0 Å². The van der Waals surface area contributed by atoms with Crippen LogP contribution in [0, 0.1) is 46.3 Å². The number of rotatable bonds is 4. The summed E-state index contributed by atoms with van der Waals surface area (Å²) in [6, 6.07) is 0. The summed E-state index contributed by atoms with van der Waals surface area (Å²) in [7, 11) is 0. The first-order valence-electron chi connectivity index (χ1n) is 12.8. The highest BCUT2D eigenvalue weighted by Crippen LogP contribution is 2.64. The Morgan fingerprint density at radius 1 is 0.935 bits per heavy atom. The topological polar surface area (TPSA) is 52.6 Å². The Hall–Kier alpha value is -1.06. The molecule has 0 aromatic rings. The largest absolute Gasteiger partial charge is 0.456 e. The minimum Gasteiger partial charge on any atom is -0.456 e. The standard InChI is InChI=1S/C27H44O4/c1-16-10-19-8-9-21-13-20(12-19)14-22(11-16)26(21,7)31-23(28)18(3)30-24(29)27(15-17(27)2)25(4,5)6/h16-22H,8-15H2,1-7H3. The van der Waals surface area contributed by atoms with Crippen LogP contribution in [-0.4, -0.2) is 23.6 Å². The number of ether oxygens (including phenoxy) is 2. The lowest BCUT2D eigenvalue weighted by Crippen LogP contribution is -2.52. The molecule has 4 saturated carbocycles. The van der Waals surface area contributed by atoms with E-state index in [1.807, 2.05) is 0 Å². The molecule has 4 bridgehead atoms. The van der Waals surface area contributed by atoms with Crippen molar-refractivity contribution >= 4 is 11.9 Å². The van der Waals surface area contributed by atoms with Crippen molar-refractivity contribution in [2.45, 2.75) is 112 Å². The number of esters is 2. The van der Waals surface area contributed by atoms with E-state index in [-0.39, 0.29) is 17.4 Å². The van der Waals surface area contributed by atoms with Gasteiger partial charge in [-0.15, -0.1) is 0 Å². The second kappa shape index (κ2) is 7.76. The number of fused-ring (bicyclic) bond motifs is 3. The molecule has 0 spiro atoms. The maximum Gasteiger partial charge on any atom is 0.347 e. The Morgan fingerprint density at radius 3 is 2.19 bits per heavy atom. The van der Waals surface area contributed by atoms with E-state index < -0.39 is 17.1 Å². The zero-order valence-electron chi connectivity index (χ0n) is 20.8. The molecule has 4 aliphatic rings. The Balaban J connectivity index is 1.47. The molecule has 4 nitrogen and oxygen atoms in total. The normalized spacial score (nSPS) is 45.3. The average Bonchev–Trinajstić information content (AvgIpc) is 3.36. The fraction of sp³-hybridized carbons (Fsp3) is 0.926. The molecule has 176 valence electrons. The predicted molar refractivity (Wildman–Crippen MR) is 121 cm³/mol. The molecule has 0 heterocycles. The molecule has 9 unspecified atom stereocenters. The summed E-state index contributed by atoms with van der Waals surface area (Å²) in [4.78, 5) is 26.3. The van der Waals surface area contributed by atoms with Crippen LogP contribution in [0.5, 0.6) is 0 Å². The van der Waals surface area contributed by atoms with Crippen molar-refractivity contribution in [3.8, 4) is 0 Å². The fourth-order valence-corrected chi connectivity index (χ4v) is 7.86. The minimum atomic E-state index is -0.851. The van der Waals surface area contributed by atoms with Crippen LogP contribution in [-0.2, 0) is 19.1 Å². The number of hydrogen-bond donors (Lipinski definition) is 0. The third-order valence-electron chi connectivity index (χ3n) is 9.82. The lowest BCUT2D eigenvalue weighted by atomic mass is 9.61. The fourth-order valence-electron chi connectivity index (χ4n) is 7.86. The lowest BCUT2D eigenvalue weighted by molar-refractivity contribution is -0.197.